The number of fused-ring (bicyclic) bond motifs is 9. The quantitative estimate of drug-likeness (QED) is 0.121. The van der Waals surface area contributed by atoms with Crippen molar-refractivity contribution in [1.82, 2.24) is 13.7 Å². The number of para-hydroxylation sites is 5. The molecule has 0 aliphatic heterocycles. The van der Waals surface area contributed by atoms with E-state index in [4.69, 9.17) is 0 Å². The first kappa shape index (κ1) is 42.0. The van der Waals surface area contributed by atoms with E-state index in [1.165, 1.54) is 104 Å². The van der Waals surface area contributed by atoms with Gasteiger partial charge in [-0.25, -0.2) is 0 Å². The fourth-order valence-corrected chi connectivity index (χ4v) is 10.7. The summed E-state index contributed by atoms with van der Waals surface area (Å²) in [5.74, 6) is 0. The van der Waals surface area contributed by atoms with Gasteiger partial charge in [-0.05, 0) is 129 Å². The van der Waals surface area contributed by atoms with Gasteiger partial charge in [-0.3, -0.25) is 0 Å². The van der Waals surface area contributed by atoms with Crippen LogP contribution in [-0.2, 0) is 6.54 Å². The van der Waals surface area contributed by atoms with Crippen LogP contribution in [0.1, 0.15) is 29.2 Å². The second-order valence-electron chi connectivity index (χ2n) is 18.5. The molecule has 0 unspecified atom stereocenters. The second kappa shape index (κ2) is 17.7. The molecule has 336 valence electrons. The highest BCUT2D eigenvalue weighted by Crippen LogP contribution is 2.36. The van der Waals surface area contributed by atoms with Crippen LogP contribution >= 0.6 is 0 Å². The fraction of sp³-hybridized carbons (Fsp3) is 0.0294. The van der Waals surface area contributed by atoms with Crippen molar-refractivity contribution in [2.75, 3.05) is 0 Å². The van der Waals surface area contributed by atoms with Gasteiger partial charge in [0.15, 0.2) is 0 Å². The molecule has 71 heavy (non-hydrogen) atoms. The largest absolute Gasteiger partial charge is 0.341 e. The summed E-state index contributed by atoms with van der Waals surface area (Å²) < 4.78 is 7.01. The van der Waals surface area contributed by atoms with Crippen LogP contribution in [-0.4, -0.2) is 13.7 Å². The molecule has 0 radical (unpaired) electrons. The van der Waals surface area contributed by atoms with Crippen LogP contribution in [0.5, 0.6) is 0 Å². The van der Waals surface area contributed by atoms with Gasteiger partial charge in [0.25, 0.3) is 0 Å². The number of aromatic nitrogens is 3. The first-order valence-corrected chi connectivity index (χ1v) is 24.6. The summed E-state index contributed by atoms with van der Waals surface area (Å²) in [6.45, 7) is 3.16. The maximum Gasteiger partial charge on any atom is 0.0534 e. The van der Waals surface area contributed by atoms with Crippen molar-refractivity contribution in [2.45, 2.75) is 13.5 Å². The van der Waals surface area contributed by atoms with Crippen LogP contribution in [0.2, 0.25) is 0 Å². The van der Waals surface area contributed by atoms with E-state index in [-0.39, 0.29) is 0 Å². The van der Waals surface area contributed by atoms with Crippen molar-refractivity contribution >= 4 is 102 Å². The number of aryl methyl sites for hydroxylation is 1. The van der Waals surface area contributed by atoms with Crippen molar-refractivity contribution in [3.63, 3.8) is 0 Å². The third-order valence-electron chi connectivity index (χ3n) is 14.3. The molecular formula is C68H49N3. The lowest BCUT2D eigenvalue weighted by molar-refractivity contribution is 0.827. The van der Waals surface area contributed by atoms with Gasteiger partial charge < -0.3 is 13.7 Å². The number of hydrogen-bond donors (Lipinski definition) is 0. The molecule has 0 amide bonds. The van der Waals surface area contributed by atoms with Crippen molar-refractivity contribution in [2.24, 2.45) is 0 Å². The molecule has 10 aromatic carbocycles. The van der Waals surface area contributed by atoms with Gasteiger partial charge in [0.1, 0.15) is 0 Å². The Balaban J connectivity index is 0.823. The van der Waals surface area contributed by atoms with Crippen LogP contribution in [0.3, 0.4) is 0 Å². The van der Waals surface area contributed by atoms with Gasteiger partial charge in [-0.2, -0.15) is 0 Å². The highest BCUT2D eigenvalue weighted by Gasteiger charge is 2.13. The molecule has 0 bridgehead atoms. The lowest BCUT2D eigenvalue weighted by atomic mass is 9.92. The molecule has 0 saturated carbocycles. The Morgan fingerprint density at radius 3 is 0.972 bits per heavy atom. The van der Waals surface area contributed by atoms with E-state index in [0.29, 0.717) is 0 Å². The van der Waals surface area contributed by atoms with Gasteiger partial charge in [-0.15, -0.1) is 0 Å². The lowest BCUT2D eigenvalue weighted by Gasteiger charge is -2.12. The smallest absolute Gasteiger partial charge is 0.0534 e. The molecule has 0 aliphatic carbocycles. The predicted molar refractivity (Wildman–Crippen MR) is 306 cm³/mol. The van der Waals surface area contributed by atoms with Crippen molar-refractivity contribution in [3.8, 4) is 33.4 Å². The summed E-state index contributed by atoms with van der Waals surface area (Å²) in [6.07, 6.45) is 13.3. The van der Waals surface area contributed by atoms with Crippen molar-refractivity contribution in [3.05, 3.63) is 253 Å². The molecule has 0 N–H and O–H groups in total. The van der Waals surface area contributed by atoms with E-state index in [0.717, 1.165) is 23.2 Å². The van der Waals surface area contributed by atoms with Crippen LogP contribution in [0.25, 0.3) is 136 Å². The number of benzene rings is 10. The van der Waals surface area contributed by atoms with Gasteiger partial charge in [0, 0.05) is 62.3 Å². The Labute approximate surface area is 413 Å². The zero-order chi connectivity index (χ0) is 47.3. The van der Waals surface area contributed by atoms with Crippen molar-refractivity contribution in [1.29, 1.82) is 0 Å². The topological polar surface area (TPSA) is 14.8 Å². The number of rotatable bonds is 10. The third-order valence-corrected chi connectivity index (χ3v) is 14.3. The van der Waals surface area contributed by atoms with E-state index in [2.05, 4.69) is 288 Å². The maximum absolute atomic E-state index is 2.41. The minimum Gasteiger partial charge on any atom is -0.341 e. The summed E-state index contributed by atoms with van der Waals surface area (Å²) in [5.41, 5.74) is 19.1. The Bertz CT molecular complexity index is 3930. The Hall–Kier alpha value is -9.18. The highest BCUT2D eigenvalue weighted by atomic mass is 15.0. The average molecular weight is 908 g/mol. The second-order valence-corrected chi connectivity index (χ2v) is 18.5. The molecule has 3 heterocycles. The molecule has 13 aromatic rings. The summed E-state index contributed by atoms with van der Waals surface area (Å²) in [7, 11) is 0. The molecule has 3 heteroatoms. The zero-order valence-electron chi connectivity index (χ0n) is 39.5. The van der Waals surface area contributed by atoms with E-state index in [1.54, 1.807) is 0 Å². The minimum atomic E-state index is 0.932. The summed E-state index contributed by atoms with van der Waals surface area (Å²) >= 11 is 0. The molecule has 13 rings (SSSR count). The van der Waals surface area contributed by atoms with Crippen molar-refractivity contribution < 1.29 is 0 Å². The van der Waals surface area contributed by atoms with Gasteiger partial charge in [0.2, 0.25) is 0 Å². The van der Waals surface area contributed by atoms with E-state index < -0.39 is 0 Å². The molecule has 0 aliphatic rings. The van der Waals surface area contributed by atoms with Crippen LogP contribution < -0.4 is 0 Å². The molecular weight excluding hydrogens is 859 g/mol. The number of hydrogen-bond acceptors (Lipinski definition) is 0. The summed E-state index contributed by atoms with van der Waals surface area (Å²) in [5, 5.41) is 7.67. The minimum absolute atomic E-state index is 0.932. The van der Waals surface area contributed by atoms with Crippen LogP contribution in [0, 0.1) is 0 Å². The molecule has 0 saturated heterocycles. The van der Waals surface area contributed by atoms with Gasteiger partial charge >= 0.3 is 0 Å². The third kappa shape index (κ3) is 7.65. The van der Waals surface area contributed by atoms with Crippen LogP contribution in [0.15, 0.2) is 231 Å². The molecule has 0 atom stereocenters. The molecule has 0 fully saturated rings. The average Bonchev–Trinajstić information content (AvgIpc) is 4.06. The summed E-state index contributed by atoms with van der Waals surface area (Å²) in [4.78, 5) is 0. The zero-order valence-corrected chi connectivity index (χ0v) is 39.5. The highest BCUT2D eigenvalue weighted by molar-refractivity contribution is 6.11. The first-order valence-electron chi connectivity index (χ1n) is 24.6. The molecule has 3 nitrogen and oxygen atoms in total. The first-order chi connectivity index (χ1) is 35.1. The molecule has 3 aromatic heterocycles. The fourth-order valence-electron chi connectivity index (χ4n) is 10.7. The normalized spacial score (nSPS) is 12.2. The van der Waals surface area contributed by atoms with Crippen LogP contribution in [0.4, 0.5) is 0 Å². The SMILES string of the molecule is CCn1c2ccccc2c2ccc(C=Cc3ccc(-c4cc(-c5ccc(/C=C/n6c7ccccc7c7ccccc76)cc5)cc(-c5ccc(/C=C/n6c7ccccc7c7ccccc76)cc5)c4)cc3)cc21. The van der Waals surface area contributed by atoms with Gasteiger partial charge in [0.05, 0.1) is 22.1 Å². The number of nitrogens with zero attached hydrogens (tertiary/aromatic N) is 3. The monoisotopic (exact) mass is 907 g/mol. The van der Waals surface area contributed by atoms with Gasteiger partial charge in [-0.1, -0.05) is 188 Å². The van der Waals surface area contributed by atoms with E-state index >= 15 is 0 Å². The van der Waals surface area contributed by atoms with E-state index in [9.17, 15) is 0 Å². The standard InChI is InChI=1S/C68H49N3/c1-2-69-63-18-8-3-17-61(63)62-38-31-50(43-68(62)69)24-23-47-25-32-51(33-26-47)54-44-55(52-34-27-48(28-35-52)39-41-70-64-19-9-4-13-57(64)58-14-5-10-20-65(58)70)46-56(45-54)53-36-29-49(30-37-53)40-42-71-66-21-11-6-15-59(66)60-16-7-12-22-67(60)71/h3-46H,2H2,1H3/b24-23?,41-39+,42-40+. The Morgan fingerprint density at radius 1 is 0.268 bits per heavy atom. The maximum atomic E-state index is 2.41. The van der Waals surface area contributed by atoms with E-state index in [1.807, 2.05) is 0 Å². The molecule has 0 spiro atoms. The summed E-state index contributed by atoms with van der Waals surface area (Å²) in [6, 6.07) is 84.0. The predicted octanol–water partition coefficient (Wildman–Crippen LogP) is 18.5. The Morgan fingerprint density at radius 2 is 0.577 bits per heavy atom. The lowest BCUT2D eigenvalue weighted by Crippen LogP contribution is -1.92. The Kier molecular flexibility index (Phi) is 10.5.